The first-order chi connectivity index (χ1) is 8.00. The lowest BCUT2D eigenvalue weighted by Gasteiger charge is -2.14. The second kappa shape index (κ2) is 6.08. The van der Waals surface area contributed by atoms with E-state index in [0.717, 1.165) is 0 Å². The van der Waals surface area contributed by atoms with Crippen molar-refractivity contribution >= 4 is 11.9 Å². The third kappa shape index (κ3) is 4.30. The van der Waals surface area contributed by atoms with E-state index in [2.05, 4.69) is 5.32 Å². The molecule has 1 aromatic heterocycles. The van der Waals surface area contributed by atoms with Gasteiger partial charge in [-0.1, -0.05) is 13.8 Å². The van der Waals surface area contributed by atoms with Gasteiger partial charge >= 0.3 is 5.97 Å². The number of nitrogens with one attached hydrogen (secondary N) is 1. The van der Waals surface area contributed by atoms with Crippen molar-refractivity contribution in [2.75, 3.05) is 6.54 Å². The van der Waals surface area contributed by atoms with Gasteiger partial charge in [-0.25, -0.2) is 0 Å². The van der Waals surface area contributed by atoms with Crippen LogP contribution in [0.3, 0.4) is 0 Å². The zero-order chi connectivity index (χ0) is 12.8. The summed E-state index contributed by atoms with van der Waals surface area (Å²) in [5.74, 6) is -1.37. The molecule has 0 fully saturated rings. The minimum Gasteiger partial charge on any atom is -0.481 e. The van der Waals surface area contributed by atoms with Crippen LogP contribution in [0.1, 0.15) is 30.8 Å². The Morgan fingerprint density at radius 3 is 2.65 bits per heavy atom. The highest BCUT2D eigenvalue weighted by molar-refractivity contribution is 5.91. The maximum atomic E-state index is 11.5. The number of carboxylic acids is 1. The lowest BCUT2D eigenvalue weighted by Crippen LogP contribution is -2.33. The molecule has 1 amide bonds. The molecule has 1 rings (SSSR count). The first kappa shape index (κ1) is 13.3. The normalized spacial score (nSPS) is 12.4. The van der Waals surface area contributed by atoms with E-state index in [1.807, 2.05) is 13.8 Å². The van der Waals surface area contributed by atoms with Crippen molar-refractivity contribution in [1.82, 2.24) is 5.32 Å². The highest BCUT2D eigenvalue weighted by Gasteiger charge is 2.20. The molecule has 0 spiro atoms. The van der Waals surface area contributed by atoms with Crippen molar-refractivity contribution in [2.45, 2.75) is 20.3 Å². The monoisotopic (exact) mass is 239 g/mol. The van der Waals surface area contributed by atoms with Gasteiger partial charge in [0, 0.05) is 6.54 Å². The van der Waals surface area contributed by atoms with Crippen molar-refractivity contribution < 1.29 is 19.1 Å². The second-order valence-electron chi connectivity index (χ2n) is 4.35. The quantitative estimate of drug-likeness (QED) is 0.792. The standard InChI is InChI=1S/C12H17NO4/c1-8(2)6-9(12(15)16)7-13-11(14)10-4-3-5-17-10/h3-5,8-9H,6-7H2,1-2H3,(H,13,14)(H,15,16). The van der Waals surface area contributed by atoms with Crippen molar-refractivity contribution in [1.29, 1.82) is 0 Å². The molecule has 94 valence electrons. The van der Waals surface area contributed by atoms with Crippen molar-refractivity contribution in [3.8, 4) is 0 Å². The Hall–Kier alpha value is -1.78. The number of furan rings is 1. The van der Waals surface area contributed by atoms with Crippen LogP contribution in [0.15, 0.2) is 22.8 Å². The van der Waals surface area contributed by atoms with Crippen LogP contribution in [0, 0.1) is 11.8 Å². The van der Waals surface area contributed by atoms with E-state index in [9.17, 15) is 9.59 Å². The lowest BCUT2D eigenvalue weighted by molar-refractivity contribution is -0.142. The predicted octanol–water partition coefficient (Wildman–Crippen LogP) is 1.76. The van der Waals surface area contributed by atoms with E-state index in [0.29, 0.717) is 6.42 Å². The number of amides is 1. The zero-order valence-corrected chi connectivity index (χ0v) is 9.97. The maximum Gasteiger partial charge on any atom is 0.308 e. The van der Waals surface area contributed by atoms with Crippen LogP contribution in [-0.4, -0.2) is 23.5 Å². The number of carbonyl (C=O) groups excluding carboxylic acids is 1. The van der Waals surface area contributed by atoms with Gasteiger partial charge in [-0.15, -0.1) is 0 Å². The summed E-state index contributed by atoms with van der Waals surface area (Å²) in [5, 5.41) is 11.5. The van der Waals surface area contributed by atoms with Crippen LogP contribution in [0.25, 0.3) is 0 Å². The van der Waals surface area contributed by atoms with Gasteiger partial charge in [0.2, 0.25) is 0 Å². The fraction of sp³-hybridized carbons (Fsp3) is 0.500. The van der Waals surface area contributed by atoms with E-state index in [-0.39, 0.29) is 24.1 Å². The highest BCUT2D eigenvalue weighted by Crippen LogP contribution is 2.11. The summed E-state index contributed by atoms with van der Waals surface area (Å²) in [5.41, 5.74) is 0. The average molecular weight is 239 g/mol. The van der Waals surface area contributed by atoms with Gasteiger partial charge in [-0.3, -0.25) is 9.59 Å². The summed E-state index contributed by atoms with van der Waals surface area (Å²) in [6.07, 6.45) is 1.94. The molecular formula is C12H17NO4. The summed E-state index contributed by atoms with van der Waals surface area (Å²) in [6.45, 7) is 4.02. The van der Waals surface area contributed by atoms with Gasteiger partial charge in [0.1, 0.15) is 0 Å². The minimum absolute atomic E-state index is 0.118. The molecule has 0 saturated carbocycles. The fourth-order valence-electron chi connectivity index (χ4n) is 1.55. The molecule has 0 aliphatic heterocycles. The molecule has 1 aromatic rings. The maximum absolute atomic E-state index is 11.5. The molecule has 1 heterocycles. The summed E-state index contributed by atoms with van der Waals surface area (Å²) in [6, 6.07) is 3.14. The minimum atomic E-state index is -0.890. The Morgan fingerprint density at radius 2 is 2.18 bits per heavy atom. The molecule has 0 aliphatic carbocycles. The van der Waals surface area contributed by atoms with Crippen LogP contribution < -0.4 is 5.32 Å². The topological polar surface area (TPSA) is 79.5 Å². The number of carboxylic acid groups (broad SMARTS) is 1. The van der Waals surface area contributed by atoms with Crippen LogP contribution >= 0.6 is 0 Å². The molecule has 0 saturated heterocycles. The van der Waals surface area contributed by atoms with E-state index in [1.54, 1.807) is 6.07 Å². The van der Waals surface area contributed by atoms with E-state index < -0.39 is 11.9 Å². The molecule has 2 N–H and O–H groups in total. The zero-order valence-electron chi connectivity index (χ0n) is 9.97. The molecule has 17 heavy (non-hydrogen) atoms. The predicted molar refractivity (Wildman–Crippen MR) is 61.6 cm³/mol. The van der Waals surface area contributed by atoms with Crippen molar-refractivity contribution in [2.24, 2.45) is 11.8 Å². The lowest BCUT2D eigenvalue weighted by atomic mass is 9.97. The number of hydrogen-bond donors (Lipinski definition) is 2. The van der Waals surface area contributed by atoms with Gasteiger partial charge < -0.3 is 14.8 Å². The fourth-order valence-corrected chi connectivity index (χ4v) is 1.55. The number of rotatable bonds is 6. The molecule has 0 aliphatic rings. The summed E-state index contributed by atoms with van der Waals surface area (Å²) >= 11 is 0. The third-order valence-electron chi connectivity index (χ3n) is 2.36. The van der Waals surface area contributed by atoms with Gasteiger partial charge in [-0.05, 0) is 24.5 Å². The van der Waals surface area contributed by atoms with Crippen LogP contribution in [0.2, 0.25) is 0 Å². The van der Waals surface area contributed by atoms with Crippen LogP contribution in [-0.2, 0) is 4.79 Å². The molecule has 0 bridgehead atoms. The Balaban J connectivity index is 2.47. The smallest absolute Gasteiger partial charge is 0.308 e. The summed E-state index contributed by atoms with van der Waals surface area (Å²) < 4.78 is 4.91. The average Bonchev–Trinajstić information content (AvgIpc) is 2.76. The molecule has 0 radical (unpaired) electrons. The first-order valence-corrected chi connectivity index (χ1v) is 5.55. The van der Waals surface area contributed by atoms with Crippen molar-refractivity contribution in [3.05, 3.63) is 24.2 Å². The molecular weight excluding hydrogens is 222 g/mol. The van der Waals surface area contributed by atoms with Gasteiger partial charge in [-0.2, -0.15) is 0 Å². The Labute approximate surface area is 99.8 Å². The number of aliphatic carboxylic acids is 1. The van der Waals surface area contributed by atoms with E-state index in [1.165, 1.54) is 12.3 Å². The summed E-state index contributed by atoms with van der Waals surface area (Å²) in [4.78, 5) is 22.5. The van der Waals surface area contributed by atoms with Crippen LogP contribution in [0.5, 0.6) is 0 Å². The molecule has 1 atom stereocenters. The van der Waals surface area contributed by atoms with Crippen LogP contribution in [0.4, 0.5) is 0 Å². The SMILES string of the molecule is CC(C)CC(CNC(=O)c1ccco1)C(=O)O. The number of hydrogen-bond acceptors (Lipinski definition) is 3. The Kier molecular flexibility index (Phi) is 4.75. The summed E-state index contributed by atoms with van der Waals surface area (Å²) in [7, 11) is 0. The molecule has 5 nitrogen and oxygen atoms in total. The molecule has 5 heteroatoms. The molecule has 0 aromatic carbocycles. The number of carbonyl (C=O) groups is 2. The second-order valence-corrected chi connectivity index (χ2v) is 4.35. The Morgan fingerprint density at radius 1 is 1.47 bits per heavy atom. The molecule has 1 unspecified atom stereocenters. The van der Waals surface area contributed by atoms with Gasteiger partial charge in [0.05, 0.1) is 12.2 Å². The van der Waals surface area contributed by atoms with Crippen molar-refractivity contribution in [3.63, 3.8) is 0 Å². The highest BCUT2D eigenvalue weighted by atomic mass is 16.4. The van der Waals surface area contributed by atoms with Gasteiger partial charge in [0.25, 0.3) is 5.91 Å². The first-order valence-electron chi connectivity index (χ1n) is 5.55. The van der Waals surface area contributed by atoms with Gasteiger partial charge in [0.15, 0.2) is 5.76 Å². The largest absolute Gasteiger partial charge is 0.481 e. The third-order valence-corrected chi connectivity index (χ3v) is 2.36. The Bertz CT molecular complexity index is 370. The van der Waals surface area contributed by atoms with E-state index in [4.69, 9.17) is 9.52 Å². The van der Waals surface area contributed by atoms with E-state index >= 15 is 0 Å².